The summed E-state index contributed by atoms with van der Waals surface area (Å²) in [5.74, 6) is -1.83. The predicted molar refractivity (Wildman–Crippen MR) is 120 cm³/mol. The van der Waals surface area contributed by atoms with Crippen LogP contribution in [0.5, 0.6) is 11.5 Å². The van der Waals surface area contributed by atoms with E-state index < -0.39 is 11.8 Å². The number of hydrogen-bond acceptors (Lipinski definition) is 5. The lowest BCUT2D eigenvalue weighted by Gasteiger charge is -2.20. The summed E-state index contributed by atoms with van der Waals surface area (Å²) in [6, 6.07) is 7.55. The van der Waals surface area contributed by atoms with Gasteiger partial charge in [0.15, 0.2) is 0 Å². The van der Waals surface area contributed by atoms with Crippen molar-refractivity contribution in [2.75, 3.05) is 20.6 Å². The van der Waals surface area contributed by atoms with Crippen LogP contribution in [0, 0.1) is 0 Å². The van der Waals surface area contributed by atoms with Crippen molar-refractivity contribution >= 4 is 17.7 Å². The largest absolute Gasteiger partial charge is 0.507 e. The van der Waals surface area contributed by atoms with Crippen LogP contribution in [0.2, 0.25) is 0 Å². The first-order valence-electron chi connectivity index (χ1n) is 10.7. The number of nitrogens with one attached hydrogen (secondary N) is 1. The van der Waals surface area contributed by atoms with Crippen molar-refractivity contribution in [1.29, 1.82) is 0 Å². The molecule has 3 amide bonds. The van der Waals surface area contributed by atoms with E-state index in [9.17, 15) is 24.6 Å². The van der Waals surface area contributed by atoms with Gasteiger partial charge in [0.1, 0.15) is 11.5 Å². The first-order valence-corrected chi connectivity index (χ1v) is 10.7. The molecule has 0 spiro atoms. The van der Waals surface area contributed by atoms with Crippen LogP contribution in [0.15, 0.2) is 30.3 Å². The van der Waals surface area contributed by atoms with Gasteiger partial charge in [-0.25, -0.2) is 0 Å². The Morgan fingerprint density at radius 3 is 2.38 bits per heavy atom. The van der Waals surface area contributed by atoms with Gasteiger partial charge < -0.3 is 25.3 Å². The fourth-order valence-electron chi connectivity index (χ4n) is 3.82. The molecule has 0 saturated heterocycles. The number of aromatic hydroxyl groups is 2. The molecular weight excluding hydrogens is 410 g/mol. The summed E-state index contributed by atoms with van der Waals surface area (Å²) >= 11 is 0. The zero-order valence-corrected chi connectivity index (χ0v) is 18.6. The number of carbonyl (C=O) groups excluding carboxylic acids is 3. The van der Waals surface area contributed by atoms with Gasteiger partial charge in [0.2, 0.25) is 0 Å². The van der Waals surface area contributed by atoms with E-state index in [2.05, 4.69) is 12.2 Å². The molecule has 170 valence electrons. The standard InChI is InChI=1S/C24H29N3O5/c1-4-5-6-9-26(3)23(31)18-11-19(21(29)12-20(18)28)24(32)27-13-16-8-7-15(22(30)25-2)10-17(16)14-27/h7-8,10-12,28-29H,4-6,9,13-14H2,1-3H3,(H,25,30). The minimum atomic E-state index is -0.456. The molecule has 0 fully saturated rings. The van der Waals surface area contributed by atoms with Gasteiger partial charge in [0, 0.05) is 45.4 Å². The van der Waals surface area contributed by atoms with Crippen LogP contribution in [-0.2, 0) is 13.1 Å². The van der Waals surface area contributed by atoms with Gasteiger partial charge in [0.25, 0.3) is 17.7 Å². The van der Waals surface area contributed by atoms with E-state index in [0.29, 0.717) is 18.7 Å². The molecule has 0 aliphatic carbocycles. The molecule has 2 aromatic carbocycles. The minimum absolute atomic E-state index is 0.0243. The smallest absolute Gasteiger partial charge is 0.258 e. The SMILES string of the molecule is CCCCCN(C)C(=O)c1cc(C(=O)N2Cc3ccc(C(=O)NC)cc3C2)c(O)cc1O. The van der Waals surface area contributed by atoms with Crippen LogP contribution in [0.25, 0.3) is 0 Å². The van der Waals surface area contributed by atoms with Gasteiger partial charge in [0.05, 0.1) is 11.1 Å². The third kappa shape index (κ3) is 4.69. The number of phenolic OH excluding ortho intramolecular Hbond substituents is 2. The van der Waals surface area contributed by atoms with Crippen molar-refractivity contribution in [3.05, 3.63) is 58.1 Å². The molecule has 0 aromatic heterocycles. The molecule has 1 aliphatic heterocycles. The highest BCUT2D eigenvalue weighted by molar-refractivity contribution is 6.03. The maximum Gasteiger partial charge on any atom is 0.258 e. The average molecular weight is 440 g/mol. The summed E-state index contributed by atoms with van der Waals surface area (Å²) in [7, 11) is 3.20. The first kappa shape index (κ1) is 23.1. The summed E-state index contributed by atoms with van der Waals surface area (Å²) in [6.07, 6.45) is 2.85. The van der Waals surface area contributed by atoms with E-state index in [-0.39, 0.29) is 35.1 Å². The lowest BCUT2D eigenvalue weighted by atomic mass is 10.1. The van der Waals surface area contributed by atoms with E-state index in [1.807, 2.05) is 6.07 Å². The predicted octanol–water partition coefficient (Wildman–Crippen LogP) is 2.88. The van der Waals surface area contributed by atoms with E-state index in [4.69, 9.17) is 0 Å². The highest BCUT2D eigenvalue weighted by Gasteiger charge is 2.28. The van der Waals surface area contributed by atoms with Crippen molar-refractivity contribution < 1.29 is 24.6 Å². The van der Waals surface area contributed by atoms with Gasteiger partial charge in [-0.15, -0.1) is 0 Å². The molecule has 0 atom stereocenters. The molecule has 0 unspecified atom stereocenters. The van der Waals surface area contributed by atoms with Crippen LogP contribution in [-0.4, -0.2) is 58.4 Å². The molecule has 2 aromatic rings. The molecule has 1 aliphatic rings. The topological polar surface area (TPSA) is 110 Å². The Kier molecular flexibility index (Phi) is 7.02. The Morgan fingerprint density at radius 1 is 1.00 bits per heavy atom. The van der Waals surface area contributed by atoms with Crippen LogP contribution < -0.4 is 5.32 Å². The Bertz CT molecular complexity index is 1050. The third-order valence-corrected chi connectivity index (χ3v) is 5.72. The highest BCUT2D eigenvalue weighted by atomic mass is 16.3. The number of rotatable bonds is 7. The number of unbranched alkanes of at least 4 members (excludes halogenated alkanes) is 2. The minimum Gasteiger partial charge on any atom is -0.507 e. The third-order valence-electron chi connectivity index (χ3n) is 5.72. The molecule has 8 heteroatoms. The molecule has 0 bridgehead atoms. The van der Waals surface area contributed by atoms with Gasteiger partial charge in [-0.2, -0.15) is 0 Å². The Labute approximate surface area is 187 Å². The Morgan fingerprint density at radius 2 is 1.69 bits per heavy atom. The van der Waals surface area contributed by atoms with Crippen molar-refractivity contribution in [1.82, 2.24) is 15.1 Å². The molecule has 0 saturated carbocycles. The van der Waals surface area contributed by atoms with Gasteiger partial charge >= 0.3 is 0 Å². The second-order valence-corrected chi connectivity index (χ2v) is 8.04. The van der Waals surface area contributed by atoms with Crippen LogP contribution >= 0.6 is 0 Å². The van der Waals surface area contributed by atoms with Crippen molar-refractivity contribution in [2.45, 2.75) is 39.3 Å². The van der Waals surface area contributed by atoms with Gasteiger partial charge in [-0.1, -0.05) is 25.8 Å². The summed E-state index contributed by atoms with van der Waals surface area (Å²) in [5, 5.41) is 23.1. The van der Waals surface area contributed by atoms with Crippen LogP contribution in [0.4, 0.5) is 0 Å². The number of phenols is 2. The van der Waals surface area contributed by atoms with E-state index >= 15 is 0 Å². The number of nitrogens with zero attached hydrogens (tertiary/aromatic N) is 2. The fourth-order valence-corrected chi connectivity index (χ4v) is 3.82. The maximum atomic E-state index is 13.2. The number of hydrogen-bond donors (Lipinski definition) is 3. The van der Waals surface area contributed by atoms with E-state index in [1.165, 1.54) is 15.9 Å². The molecule has 0 radical (unpaired) electrons. The van der Waals surface area contributed by atoms with Crippen LogP contribution in [0.3, 0.4) is 0 Å². The highest BCUT2D eigenvalue weighted by Crippen LogP contribution is 2.32. The first-order chi connectivity index (χ1) is 15.3. The van der Waals surface area contributed by atoms with Crippen LogP contribution in [0.1, 0.15) is 68.4 Å². The lowest BCUT2D eigenvalue weighted by molar-refractivity contribution is 0.0748. The second kappa shape index (κ2) is 9.72. The molecular formula is C24H29N3O5. The molecule has 32 heavy (non-hydrogen) atoms. The molecule has 3 N–H and O–H groups in total. The van der Waals surface area contributed by atoms with Crippen molar-refractivity contribution in [3.63, 3.8) is 0 Å². The number of benzene rings is 2. The lowest BCUT2D eigenvalue weighted by Crippen LogP contribution is -2.29. The summed E-state index contributed by atoms with van der Waals surface area (Å²) in [5.41, 5.74) is 2.20. The number of fused-ring (bicyclic) bond motifs is 1. The summed E-state index contributed by atoms with van der Waals surface area (Å²) in [6.45, 7) is 3.20. The normalized spacial score (nSPS) is 12.4. The maximum absolute atomic E-state index is 13.2. The summed E-state index contributed by atoms with van der Waals surface area (Å²) in [4.78, 5) is 40.9. The van der Waals surface area contributed by atoms with Crippen molar-refractivity contribution in [3.8, 4) is 11.5 Å². The van der Waals surface area contributed by atoms with Gasteiger partial charge in [-0.3, -0.25) is 14.4 Å². The zero-order chi connectivity index (χ0) is 23.4. The van der Waals surface area contributed by atoms with Gasteiger partial charge in [-0.05, 0) is 35.7 Å². The van der Waals surface area contributed by atoms with E-state index in [1.54, 1.807) is 26.2 Å². The van der Waals surface area contributed by atoms with Crippen molar-refractivity contribution in [2.24, 2.45) is 0 Å². The second-order valence-electron chi connectivity index (χ2n) is 8.04. The molecule has 1 heterocycles. The fraction of sp³-hybridized carbons (Fsp3) is 0.375. The number of carbonyl (C=O) groups is 3. The monoisotopic (exact) mass is 439 g/mol. The molecule has 8 nitrogen and oxygen atoms in total. The summed E-state index contributed by atoms with van der Waals surface area (Å²) < 4.78 is 0. The van der Waals surface area contributed by atoms with E-state index in [0.717, 1.165) is 36.5 Å². The molecule has 3 rings (SSSR count). The quantitative estimate of drug-likeness (QED) is 0.575. The Balaban J connectivity index is 1.81. The Hall–Kier alpha value is -3.55. The number of amides is 3. The zero-order valence-electron chi connectivity index (χ0n) is 18.6. The average Bonchev–Trinajstić information content (AvgIpc) is 3.21.